The van der Waals surface area contributed by atoms with Crippen LogP contribution < -0.4 is 11.1 Å². The number of nitrogen functional groups attached to an aromatic ring is 1. The van der Waals surface area contributed by atoms with Gasteiger partial charge in [0.1, 0.15) is 5.82 Å². The molecule has 0 unspecified atom stereocenters. The fraction of sp³-hybridized carbons (Fsp3) is 0.143. The molecule has 92 valence electrons. The van der Waals surface area contributed by atoms with Crippen LogP contribution in [0.3, 0.4) is 0 Å². The molecule has 3 N–H and O–H groups in total. The predicted octanol–water partition coefficient (Wildman–Crippen LogP) is 2.15. The van der Waals surface area contributed by atoms with Gasteiger partial charge in [-0.05, 0) is 24.6 Å². The summed E-state index contributed by atoms with van der Waals surface area (Å²) in [7, 11) is 0. The Morgan fingerprint density at radius 2 is 1.94 bits per heavy atom. The number of rotatable bonds is 3. The largest absolute Gasteiger partial charge is 0.384 e. The number of hydrogen-bond donors (Lipinski definition) is 2. The van der Waals surface area contributed by atoms with Crippen LogP contribution in [0.5, 0.6) is 0 Å². The van der Waals surface area contributed by atoms with E-state index >= 15 is 0 Å². The van der Waals surface area contributed by atoms with E-state index in [4.69, 9.17) is 5.73 Å². The first-order chi connectivity index (χ1) is 8.63. The molecule has 1 aromatic heterocycles. The van der Waals surface area contributed by atoms with Crippen molar-refractivity contribution in [3.05, 3.63) is 53.7 Å². The van der Waals surface area contributed by atoms with E-state index in [2.05, 4.69) is 10.3 Å². The van der Waals surface area contributed by atoms with Crippen molar-refractivity contribution in [1.29, 1.82) is 0 Å². The number of aryl methyl sites for hydroxylation is 1. The van der Waals surface area contributed by atoms with Gasteiger partial charge in [0, 0.05) is 0 Å². The van der Waals surface area contributed by atoms with Crippen LogP contribution in [0, 0.1) is 6.92 Å². The minimum absolute atomic E-state index is 0.0644. The zero-order chi connectivity index (χ0) is 13.0. The van der Waals surface area contributed by atoms with Gasteiger partial charge in [0.25, 0.3) is 0 Å². The topological polar surface area (TPSA) is 68.0 Å². The van der Waals surface area contributed by atoms with Crippen molar-refractivity contribution in [3.8, 4) is 0 Å². The minimum Gasteiger partial charge on any atom is -0.384 e. The lowest BCUT2D eigenvalue weighted by molar-refractivity contribution is -0.115. The third-order valence-electron chi connectivity index (χ3n) is 2.56. The van der Waals surface area contributed by atoms with Crippen LogP contribution >= 0.6 is 0 Å². The lowest BCUT2D eigenvalue weighted by Crippen LogP contribution is -2.14. The molecule has 2 rings (SSSR count). The zero-order valence-electron chi connectivity index (χ0n) is 10.2. The molecule has 18 heavy (non-hydrogen) atoms. The Labute approximate surface area is 106 Å². The second-order valence-electron chi connectivity index (χ2n) is 4.18. The summed E-state index contributed by atoms with van der Waals surface area (Å²) in [4.78, 5) is 15.7. The maximum atomic E-state index is 11.8. The third kappa shape index (κ3) is 3.31. The van der Waals surface area contributed by atoms with Crippen LogP contribution in [-0.4, -0.2) is 10.9 Å². The summed E-state index contributed by atoms with van der Waals surface area (Å²) < 4.78 is 0. The Bertz CT molecular complexity index is 482. The highest BCUT2D eigenvalue weighted by Gasteiger charge is 2.04. The summed E-state index contributed by atoms with van der Waals surface area (Å²) in [6.07, 6.45) is 1.90. The number of nitrogens with one attached hydrogen (secondary N) is 1. The van der Waals surface area contributed by atoms with Gasteiger partial charge in [-0.2, -0.15) is 0 Å². The number of aromatic nitrogens is 1. The maximum absolute atomic E-state index is 11.8. The molecule has 0 saturated heterocycles. The number of pyridine rings is 1. The number of carbonyl (C=O) groups is 1. The molecule has 0 fully saturated rings. The van der Waals surface area contributed by atoms with E-state index in [-0.39, 0.29) is 5.91 Å². The van der Waals surface area contributed by atoms with E-state index in [0.717, 1.165) is 5.56 Å². The highest BCUT2D eigenvalue weighted by molar-refractivity contribution is 5.92. The molecule has 0 spiro atoms. The molecule has 0 bridgehead atoms. The fourth-order valence-electron chi connectivity index (χ4n) is 1.58. The van der Waals surface area contributed by atoms with Gasteiger partial charge in [0.05, 0.1) is 18.3 Å². The molecule has 1 aromatic carbocycles. The van der Waals surface area contributed by atoms with Gasteiger partial charge in [0.15, 0.2) is 0 Å². The van der Waals surface area contributed by atoms with Crippen molar-refractivity contribution in [2.24, 2.45) is 0 Å². The van der Waals surface area contributed by atoms with E-state index in [0.29, 0.717) is 17.9 Å². The van der Waals surface area contributed by atoms with E-state index < -0.39 is 0 Å². The van der Waals surface area contributed by atoms with Crippen molar-refractivity contribution in [2.45, 2.75) is 13.3 Å². The van der Waals surface area contributed by atoms with Crippen LogP contribution in [-0.2, 0) is 11.2 Å². The van der Waals surface area contributed by atoms with E-state index in [1.807, 2.05) is 31.2 Å². The van der Waals surface area contributed by atoms with Gasteiger partial charge < -0.3 is 11.1 Å². The van der Waals surface area contributed by atoms with Gasteiger partial charge in [-0.15, -0.1) is 0 Å². The monoisotopic (exact) mass is 241 g/mol. The number of nitrogens with zero attached hydrogens (tertiary/aromatic N) is 1. The van der Waals surface area contributed by atoms with Crippen LogP contribution in [0.2, 0.25) is 0 Å². The zero-order valence-corrected chi connectivity index (χ0v) is 10.2. The van der Waals surface area contributed by atoms with Gasteiger partial charge >= 0.3 is 0 Å². The average molecular weight is 241 g/mol. The second-order valence-corrected chi connectivity index (χ2v) is 4.18. The molecule has 1 heterocycles. The Kier molecular flexibility index (Phi) is 3.57. The quantitative estimate of drug-likeness (QED) is 0.865. The molecule has 0 aliphatic heterocycles. The first-order valence-corrected chi connectivity index (χ1v) is 5.70. The van der Waals surface area contributed by atoms with Crippen molar-refractivity contribution in [1.82, 2.24) is 4.98 Å². The number of benzene rings is 1. The van der Waals surface area contributed by atoms with Crippen LogP contribution in [0.15, 0.2) is 42.6 Å². The molecule has 0 aliphatic rings. The normalized spacial score (nSPS) is 10.1. The Morgan fingerprint density at radius 3 is 2.56 bits per heavy atom. The lowest BCUT2D eigenvalue weighted by Gasteiger charge is -2.05. The first kappa shape index (κ1) is 12.1. The number of nitrogens with two attached hydrogens (primary N) is 1. The van der Waals surface area contributed by atoms with Crippen molar-refractivity contribution in [2.75, 3.05) is 11.1 Å². The average Bonchev–Trinajstić information content (AvgIpc) is 2.35. The lowest BCUT2D eigenvalue weighted by atomic mass is 10.1. The van der Waals surface area contributed by atoms with Crippen molar-refractivity contribution < 1.29 is 4.79 Å². The predicted molar refractivity (Wildman–Crippen MR) is 72.2 cm³/mol. The van der Waals surface area contributed by atoms with E-state index in [1.165, 1.54) is 5.56 Å². The summed E-state index contributed by atoms with van der Waals surface area (Å²) in [5.74, 6) is 0.372. The van der Waals surface area contributed by atoms with Crippen LogP contribution in [0.4, 0.5) is 11.5 Å². The highest BCUT2D eigenvalue weighted by atomic mass is 16.1. The summed E-state index contributed by atoms with van der Waals surface area (Å²) in [5.41, 5.74) is 8.30. The molecule has 0 radical (unpaired) electrons. The maximum Gasteiger partial charge on any atom is 0.228 e. The van der Waals surface area contributed by atoms with Crippen LogP contribution in [0.1, 0.15) is 11.1 Å². The smallest absolute Gasteiger partial charge is 0.228 e. The van der Waals surface area contributed by atoms with Gasteiger partial charge in [-0.1, -0.05) is 29.8 Å². The number of anilines is 2. The molecular weight excluding hydrogens is 226 g/mol. The third-order valence-corrected chi connectivity index (χ3v) is 2.56. The first-order valence-electron chi connectivity index (χ1n) is 5.70. The van der Waals surface area contributed by atoms with Crippen molar-refractivity contribution >= 4 is 17.4 Å². The number of amides is 1. The summed E-state index contributed by atoms with van der Waals surface area (Å²) in [5, 5.41) is 2.78. The summed E-state index contributed by atoms with van der Waals surface area (Å²) >= 11 is 0. The summed E-state index contributed by atoms with van der Waals surface area (Å²) in [6, 6.07) is 11.3. The van der Waals surface area contributed by atoms with Crippen LogP contribution in [0.25, 0.3) is 0 Å². The van der Waals surface area contributed by atoms with Gasteiger partial charge in [-0.3, -0.25) is 4.79 Å². The standard InChI is InChI=1S/C14H15N3O/c1-10-2-4-11(5-3-10)8-14(18)17-12-6-7-13(15)16-9-12/h2-7,9H,8H2,1H3,(H2,15,16)(H,17,18). The molecular formula is C14H15N3O. The molecule has 1 amide bonds. The molecule has 0 aliphatic carbocycles. The number of carbonyl (C=O) groups excluding carboxylic acids is 1. The Morgan fingerprint density at radius 1 is 1.22 bits per heavy atom. The highest BCUT2D eigenvalue weighted by Crippen LogP contribution is 2.09. The fourth-order valence-corrected chi connectivity index (χ4v) is 1.58. The van der Waals surface area contributed by atoms with E-state index in [9.17, 15) is 4.79 Å². The molecule has 4 heteroatoms. The molecule has 0 saturated carbocycles. The SMILES string of the molecule is Cc1ccc(CC(=O)Nc2ccc(N)nc2)cc1. The van der Waals surface area contributed by atoms with Gasteiger partial charge in [-0.25, -0.2) is 4.98 Å². The van der Waals surface area contributed by atoms with Crippen molar-refractivity contribution in [3.63, 3.8) is 0 Å². The number of hydrogen-bond acceptors (Lipinski definition) is 3. The molecule has 4 nitrogen and oxygen atoms in total. The second kappa shape index (κ2) is 5.31. The molecule has 2 aromatic rings. The summed E-state index contributed by atoms with van der Waals surface area (Å²) in [6.45, 7) is 2.02. The Hall–Kier alpha value is -2.36. The van der Waals surface area contributed by atoms with Gasteiger partial charge in [0.2, 0.25) is 5.91 Å². The minimum atomic E-state index is -0.0644. The van der Waals surface area contributed by atoms with E-state index in [1.54, 1.807) is 18.3 Å². The molecule has 0 atom stereocenters. The Balaban J connectivity index is 1.96.